The van der Waals surface area contributed by atoms with Gasteiger partial charge in [0.1, 0.15) is 17.8 Å². The fourth-order valence-corrected chi connectivity index (χ4v) is 4.40. The molecule has 1 aliphatic heterocycles. The summed E-state index contributed by atoms with van der Waals surface area (Å²) >= 11 is 0. The van der Waals surface area contributed by atoms with Crippen LogP contribution in [0.25, 0.3) is 0 Å². The molecule has 1 heterocycles. The normalized spacial score (nSPS) is 15.7. The Kier molecular flexibility index (Phi) is 11.4. The third kappa shape index (κ3) is 11.9. The Morgan fingerprint density at radius 2 is 1.60 bits per heavy atom. The van der Waals surface area contributed by atoms with E-state index < -0.39 is 35.5 Å². The van der Waals surface area contributed by atoms with E-state index in [9.17, 15) is 19.2 Å². The number of benzene rings is 2. The van der Waals surface area contributed by atoms with E-state index in [1.54, 1.807) is 49.9 Å². The highest BCUT2D eigenvalue weighted by atomic mass is 16.6. The van der Waals surface area contributed by atoms with Crippen molar-refractivity contribution in [3.8, 4) is 0 Å². The van der Waals surface area contributed by atoms with Gasteiger partial charge in [0.25, 0.3) is 5.91 Å². The Morgan fingerprint density at radius 1 is 0.907 bits per heavy atom. The summed E-state index contributed by atoms with van der Waals surface area (Å²) in [5, 5.41) is 8.56. The summed E-state index contributed by atoms with van der Waals surface area (Å²) in [5.41, 5.74) is 0.666. The Hall–Kier alpha value is -4.28. The molecule has 0 radical (unpaired) electrons. The summed E-state index contributed by atoms with van der Waals surface area (Å²) in [5.74, 6) is -0.296. The van der Waals surface area contributed by atoms with E-state index in [2.05, 4.69) is 16.0 Å². The number of carbonyl (C=O) groups excluding carboxylic acids is 4. The second kappa shape index (κ2) is 14.8. The van der Waals surface area contributed by atoms with Crippen molar-refractivity contribution in [1.82, 2.24) is 20.9 Å². The largest absolute Gasteiger partial charge is 0.445 e. The molecule has 43 heavy (non-hydrogen) atoms. The molecule has 1 fully saturated rings. The van der Waals surface area contributed by atoms with Crippen LogP contribution in [0, 0.1) is 0 Å². The van der Waals surface area contributed by atoms with Crippen LogP contribution in [-0.2, 0) is 20.8 Å². The van der Waals surface area contributed by atoms with Gasteiger partial charge in [0, 0.05) is 31.2 Å². The average molecular weight is 597 g/mol. The predicted molar refractivity (Wildman–Crippen MR) is 161 cm³/mol. The molecule has 0 aliphatic carbocycles. The molecular weight excluding hydrogens is 552 g/mol. The monoisotopic (exact) mass is 596 g/mol. The zero-order chi connectivity index (χ0) is 31.6. The highest BCUT2D eigenvalue weighted by Gasteiger charge is 2.31. The molecule has 2 aromatic rings. The number of alkyl carbamates (subject to hydrolysis) is 2. The quantitative estimate of drug-likeness (QED) is 0.334. The first-order valence-electron chi connectivity index (χ1n) is 14.5. The van der Waals surface area contributed by atoms with Gasteiger partial charge in [-0.05, 0) is 77.6 Å². The highest BCUT2D eigenvalue weighted by Crippen LogP contribution is 2.20. The number of ether oxygens (including phenoxy) is 3. The second-order valence-electron chi connectivity index (χ2n) is 12.5. The zero-order valence-electron chi connectivity index (χ0n) is 25.9. The minimum atomic E-state index is -0.645. The van der Waals surface area contributed by atoms with Gasteiger partial charge in [0.2, 0.25) is 0 Å². The van der Waals surface area contributed by atoms with E-state index in [1.807, 2.05) is 51.1 Å². The van der Waals surface area contributed by atoms with Crippen molar-refractivity contribution in [2.24, 2.45) is 0 Å². The number of amides is 4. The third-order valence-corrected chi connectivity index (χ3v) is 6.33. The minimum absolute atomic E-state index is 0.0969. The van der Waals surface area contributed by atoms with Gasteiger partial charge >= 0.3 is 18.3 Å². The first kappa shape index (κ1) is 33.2. The van der Waals surface area contributed by atoms with Gasteiger partial charge in [-0.15, -0.1) is 0 Å². The SMILES string of the molecule is CC(C)(C)OC(=O)NCC[C@@H](NC(=O)OCc1ccccc1)c1cccc(C(=O)N[C@H]2CCN(C(=O)OC(C)(C)C)C2)c1. The van der Waals surface area contributed by atoms with E-state index in [-0.39, 0.29) is 25.1 Å². The van der Waals surface area contributed by atoms with Gasteiger partial charge in [-0.25, -0.2) is 14.4 Å². The molecule has 2 atom stereocenters. The van der Waals surface area contributed by atoms with Crippen molar-refractivity contribution in [3.05, 3.63) is 71.3 Å². The summed E-state index contributed by atoms with van der Waals surface area (Å²) in [6.45, 7) is 11.9. The molecule has 1 saturated heterocycles. The average Bonchev–Trinajstić information content (AvgIpc) is 3.39. The minimum Gasteiger partial charge on any atom is -0.445 e. The molecule has 1 aliphatic rings. The van der Waals surface area contributed by atoms with Gasteiger partial charge in [0.15, 0.2) is 0 Å². The number of nitrogens with one attached hydrogen (secondary N) is 3. The Labute approximate surface area is 253 Å². The van der Waals surface area contributed by atoms with Crippen molar-refractivity contribution in [2.75, 3.05) is 19.6 Å². The summed E-state index contributed by atoms with van der Waals surface area (Å²) < 4.78 is 16.2. The maximum Gasteiger partial charge on any atom is 0.410 e. The van der Waals surface area contributed by atoms with Gasteiger partial charge in [-0.1, -0.05) is 42.5 Å². The Morgan fingerprint density at radius 3 is 2.28 bits per heavy atom. The maximum absolute atomic E-state index is 13.2. The fraction of sp³-hybridized carbons (Fsp3) is 0.500. The molecule has 0 bridgehead atoms. The number of carbonyl (C=O) groups is 4. The molecule has 234 valence electrons. The molecule has 2 aromatic carbocycles. The lowest BCUT2D eigenvalue weighted by atomic mass is 10.0. The van der Waals surface area contributed by atoms with Crippen LogP contribution in [0.4, 0.5) is 14.4 Å². The van der Waals surface area contributed by atoms with Crippen LogP contribution in [-0.4, -0.2) is 66.0 Å². The maximum atomic E-state index is 13.2. The molecule has 3 N–H and O–H groups in total. The van der Waals surface area contributed by atoms with Crippen molar-refractivity contribution in [2.45, 2.75) is 84.3 Å². The number of hydrogen-bond donors (Lipinski definition) is 3. The number of likely N-dealkylation sites (tertiary alicyclic amines) is 1. The standard InChI is InChI=1S/C32H44N4O7/c1-31(2,3)42-28(38)33-17-15-26(35-29(39)41-21-22-11-8-7-9-12-22)23-13-10-14-24(19-23)27(37)34-25-16-18-36(20-25)30(40)43-32(4,5)6/h7-14,19,25-26H,15-18,20-21H2,1-6H3,(H,33,38)(H,34,37)(H,35,39)/t25-,26+/m0/s1. The van der Waals surface area contributed by atoms with Crippen LogP contribution in [0.2, 0.25) is 0 Å². The summed E-state index contributed by atoms with van der Waals surface area (Å²) in [4.78, 5) is 52.1. The first-order chi connectivity index (χ1) is 20.2. The molecule has 0 saturated carbocycles. The number of rotatable bonds is 9. The first-order valence-corrected chi connectivity index (χ1v) is 14.5. The molecular formula is C32H44N4O7. The van der Waals surface area contributed by atoms with Crippen molar-refractivity contribution in [3.63, 3.8) is 0 Å². The molecule has 3 rings (SSSR count). The number of nitrogens with zero attached hydrogens (tertiary/aromatic N) is 1. The second-order valence-corrected chi connectivity index (χ2v) is 12.5. The lowest BCUT2D eigenvalue weighted by Gasteiger charge is -2.24. The van der Waals surface area contributed by atoms with Gasteiger partial charge in [-0.2, -0.15) is 0 Å². The molecule has 4 amide bonds. The predicted octanol–water partition coefficient (Wildman–Crippen LogP) is 5.31. The molecule has 0 unspecified atom stereocenters. The Balaban J connectivity index is 1.65. The zero-order valence-corrected chi connectivity index (χ0v) is 25.9. The lowest BCUT2D eigenvalue weighted by Crippen LogP contribution is -2.40. The van der Waals surface area contributed by atoms with Crippen molar-refractivity contribution in [1.29, 1.82) is 0 Å². The van der Waals surface area contributed by atoms with E-state index >= 15 is 0 Å². The summed E-state index contributed by atoms with van der Waals surface area (Å²) in [6.07, 6.45) is -0.673. The van der Waals surface area contributed by atoms with Gasteiger partial charge in [0.05, 0.1) is 6.04 Å². The molecule has 11 nitrogen and oxygen atoms in total. The topological polar surface area (TPSA) is 135 Å². The summed E-state index contributed by atoms with van der Waals surface area (Å²) in [7, 11) is 0. The molecule has 0 spiro atoms. The van der Waals surface area contributed by atoms with Crippen molar-refractivity contribution < 1.29 is 33.4 Å². The van der Waals surface area contributed by atoms with E-state index in [0.29, 0.717) is 37.1 Å². The fourth-order valence-electron chi connectivity index (χ4n) is 4.40. The smallest absolute Gasteiger partial charge is 0.410 e. The van der Waals surface area contributed by atoms with Crippen LogP contribution in [0.15, 0.2) is 54.6 Å². The Bertz CT molecular complexity index is 1250. The van der Waals surface area contributed by atoms with Crippen LogP contribution in [0.5, 0.6) is 0 Å². The van der Waals surface area contributed by atoms with E-state index in [0.717, 1.165) is 5.56 Å². The molecule has 11 heteroatoms. The highest BCUT2D eigenvalue weighted by molar-refractivity contribution is 5.94. The van der Waals surface area contributed by atoms with Crippen LogP contribution < -0.4 is 16.0 Å². The summed E-state index contributed by atoms with van der Waals surface area (Å²) in [6, 6.07) is 15.4. The molecule has 0 aromatic heterocycles. The lowest BCUT2D eigenvalue weighted by molar-refractivity contribution is 0.0289. The van der Waals surface area contributed by atoms with Crippen LogP contribution in [0.3, 0.4) is 0 Å². The van der Waals surface area contributed by atoms with Crippen LogP contribution in [0.1, 0.15) is 81.9 Å². The van der Waals surface area contributed by atoms with Crippen molar-refractivity contribution >= 4 is 24.2 Å². The van der Waals surface area contributed by atoms with E-state index in [1.165, 1.54) is 0 Å². The third-order valence-electron chi connectivity index (χ3n) is 6.33. The number of hydrogen-bond acceptors (Lipinski definition) is 7. The van der Waals surface area contributed by atoms with E-state index in [4.69, 9.17) is 14.2 Å². The van der Waals surface area contributed by atoms with Crippen LogP contribution >= 0.6 is 0 Å². The van der Waals surface area contributed by atoms with Gasteiger partial charge < -0.3 is 35.1 Å². The van der Waals surface area contributed by atoms with Gasteiger partial charge in [-0.3, -0.25) is 4.79 Å².